The number of nitrogens with two attached hydrogens (primary N) is 1. The molecule has 0 radical (unpaired) electrons. The third kappa shape index (κ3) is 2.85. The summed E-state index contributed by atoms with van der Waals surface area (Å²) in [5, 5.41) is 20.1. The Morgan fingerprint density at radius 3 is 2.85 bits per heavy atom. The fraction of sp³-hybridized carbons (Fsp3) is 0.500. The van der Waals surface area contributed by atoms with Crippen LogP contribution in [0.25, 0.3) is 0 Å². The number of rotatable bonds is 4. The number of carbonyl (C=O) groups is 1. The molecule has 2 rings (SSSR count). The van der Waals surface area contributed by atoms with Gasteiger partial charge in [-0.3, -0.25) is 14.9 Å². The second-order valence-corrected chi connectivity index (χ2v) is 5.06. The minimum Gasteiger partial charge on any atom is -0.393 e. The quantitative estimate of drug-likeness (QED) is 0.608. The first-order valence-corrected chi connectivity index (χ1v) is 6.22. The summed E-state index contributed by atoms with van der Waals surface area (Å²) in [5.41, 5.74) is 5.06. The van der Waals surface area contributed by atoms with Crippen molar-refractivity contribution in [1.82, 2.24) is 9.88 Å². The predicted octanol–water partition coefficient (Wildman–Crippen LogP) is 0.415. The highest BCUT2D eigenvalue weighted by Crippen LogP contribution is 2.28. The first-order valence-electron chi connectivity index (χ1n) is 6.22. The molecule has 3 N–H and O–H groups in total. The van der Waals surface area contributed by atoms with Crippen LogP contribution in [0.3, 0.4) is 0 Å². The molecule has 0 aromatic carbocycles. The molecule has 0 saturated heterocycles. The van der Waals surface area contributed by atoms with Gasteiger partial charge in [-0.1, -0.05) is 0 Å². The fourth-order valence-electron chi connectivity index (χ4n) is 2.31. The summed E-state index contributed by atoms with van der Waals surface area (Å²) < 4.78 is 0. The van der Waals surface area contributed by atoms with Crippen LogP contribution in [0.15, 0.2) is 12.3 Å². The Balaban J connectivity index is 2.15. The number of hydrogen-bond donors (Lipinski definition) is 2. The van der Waals surface area contributed by atoms with E-state index in [1.165, 1.54) is 11.0 Å². The van der Waals surface area contributed by atoms with E-state index in [0.29, 0.717) is 19.4 Å². The number of aliphatic hydroxyl groups is 1. The van der Waals surface area contributed by atoms with Crippen molar-refractivity contribution in [2.24, 2.45) is 5.92 Å². The van der Waals surface area contributed by atoms with Crippen molar-refractivity contribution in [3.63, 3.8) is 0 Å². The monoisotopic (exact) mass is 280 g/mol. The predicted molar refractivity (Wildman–Crippen MR) is 71.0 cm³/mol. The molecule has 108 valence electrons. The maximum absolute atomic E-state index is 12.3. The van der Waals surface area contributed by atoms with Crippen molar-refractivity contribution in [1.29, 1.82) is 0 Å². The highest BCUT2D eigenvalue weighted by Gasteiger charge is 2.31. The van der Waals surface area contributed by atoms with Crippen LogP contribution in [0.1, 0.15) is 23.2 Å². The Morgan fingerprint density at radius 2 is 2.30 bits per heavy atom. The second-order valence-electron chi connectivity index (χ2n) is 5.06. The molecule has 1 aromatic heterocycles. The van der Waals surface area contributed by atoms with Gasteiger partial charge in [0.1, 0.15) is 17.6 Å². The molecule has 1 saturated carbocycles. The van der Waals surface area contributed by atoms with E-state index >= 15 is 0 Å². The normalized spacial score (nSPS) is 21.1. The summed E-state index contributed by atoms with van der Waals surface area (Å²) >= 11 is 0. The molecule has 0 aliphatic heterocycles. The lowest BCUT2D eigenvalue weighted by Crippen LogP contribution is -2.39. The van der Waals surface area contributed by atoms with Gasteiger partial charge in [0.2, 0.25) is 0 Å². The summed E-state index contributed by atoms with van der Waals surface area (Å²) in [7, 11) is 1.58. The van der Waals surface area contributed by atoms with Crippen LogP contribution < -0.4 is 5.73 Å². The van der Waals surface area contributed by atoms with Crippen molar-refractivity contribution >= 4 is 17.4 Å². The van der Waals surface area contributed by atoms with Gasteiger partial charge in [0.25, 0.3) is 11.6 Å². The van der Waals surface area contributed by atoms with Gasteiger partial charge in [-0.15, -0.1) is 0 Å². The minimum absolute atomic E-state index is 0.0615. The highest BCUT2D eigenvalue weighted by molar-refractivity contribution is 5.98. The Bertz CT molecular complexity index is 542. The largest absolute Gasteiger partial charge is 0.393 e. The topological polar surface area (TPSA) is 123 Å². The summed E-state index contributed by atoms with van der Waals surface area (Å²) in [4.78, 5) is 27.6. The number of nitro groups is 1. The second kappa shape index (κ2) is 5.41. The van der Waals surface area contributed by atoms with Crippen molar-refractivity contribution < 1.29 is 14.8 Å². The number of hydrogen-bond acceptors (Lipinski definition) is 6. The Hall–Kier alpha value is -2.22. The first-order chi connectivity index (χ1) is 9.38. The lowest BCUT2D eigenvalue weighted by molar-refractivity contribution is -0.385. The van der Waals surface area contributed by atoms with Crippen LogP contribution in [0.2, 0.25) is 0 Å². The molecule has 1 aliphatic carbocycles. The van der Waals surface area contributed by atoms with Gasteiger partial charge in [-0.25, -0.2) is 4.98 Å². The fourth-order valence-corrected chi connectivity index (χ4v) is 2.31. The molecule has 0 spiro atoms. The summed E-state index contributed by atoms with van der Waals surface area (Å²) in [6.45, 7) is 0.454. The van der Waals surface area contributed by atoms with Gasteiger partial charge in [0.05, 0.1) is 11.0 Å². The van der Waals surface area contributed by atoms with Crippen molar-refractivity contribution in [3.8, 4) is 0 Å². The van der Waals surface area contributed by atoms with Crippen molar-refractivity contribution in [3.05, 3.63) is 27.9 Å². The molecule has 1 aromatic rings. The molecule has 0 bridgehead atoms. The molecule has 8 heteroatoms. The van der Waals surface area contributed by atoms with E-state index in [1.54, 1.807) is 7.05 Å². The number of pyridine rings is 1. The van der Waals surface area contributed by atoms with E-state index in [2.05, 4.69) is 4.98 Å². The molecule has 1 fully saturated rings. The van der Waals surface area contributed by atoms with E-state index in [0.717, 1.165) is 6.20 Å². The molecule has 1 aliphatic rings. The molecule has 1 amide bonds. The number of nitrogen functional groups attached to an aromatic ring is 1. The van der Waals surface area contributed by atoms with Crippen molar-refractivity contribution in [2.45, 2.75) is 18.9 Å². The number of anilines is 1. The summed E-state index contributed by atoms with van der Waals surface area (Å²) in [6, 6.07) is 1.21. The van der Waals surface area contributed by atoms with Gasteiger partial charge in [-0.2, -0.15) is 0 Å². The molecule has 0 unspecified atom stereocenters. The van der Waals surface area contributed by atoms with Gasteiger partial charge < -0.3 is 15.7 Å². The van der Waals surface area contributed by atoms with Crippen LogP contribution in [0.5, 0.6) is 0 Å². The zero-order valence-electron chi connectivity index (χ0n) is 11.0. The maximum atomic E-state index is 12.3. The minimum atomic E-state index is -0.652. The SMILES string of the molecule is CN(CC1CC(O)C1)C(=O)c1cc(N)ncc1[N+](=O)[O-]. The first kappa shape index (κ1) is 14.2. The molecular formula is C12H16N4O4. The van der Waals surface area contributed by atoms with E-state index < -0.39 is 10.8 Å². The van der Waals surface area contributed by atoms with E-state index in [1.807, 2.05) is 0 Å². The Kier molecular flexibility index (Phi) is 3.84. The smallest absolute Gasteiger partial charge is 0.300 e. The third-order valence-corrected chi connectivity index (χ3v) is 3.42. The molecular weight excluding hydrogens is 264 g/mol. The highest BCUT2D eigenvalue weighted by atomic mass is 16.6. The third-order valence-electron chi connectivity index (χ3n) is 3.42. The Labute approximate surface area is 115 Å². The molecule has 20 heavy (non-hydrogen) atoms. The van der Waals surface area contributed by atoms with Crippen LogP contribution in [-0.2, 0) is 0 Å². The van der Waals surface area contributed by atoms with Crippen LogP contribution in [0, 0.1) is 16.0 Å². The van der Waals surface area contributed by atoms with Gasteiger partial charge in [0, 0.05) is 13.6 Å². The van der Waals surface area contributed by atoms with Crippen LogP contribution in [0.4, 0.5) is 11.5 Å². The number of aliphatic hydroxyl groups excluding tert-OH is 1. The number of carbonyl (C=O) groups excluding carboxylic acids is 1. The lowest BCUT2D eigenvalue weighted by atomic mass is 9.82. The van der Waals surface area contributed by atoms with E-state index in [-0.39, 0.29) is 29.1 Å². The zero-order chi connectivity index (χ0) is 14.9. The molecule has 0 atom stereocenters. The lowest BCUT2D eigenvalue weighted by Gasteiger charge is -2.34. The zero-order valence-corrected chi connectivity index (χ0v) is 11.0. The molecule has 1 heterocycles. The Morgan fingerprint density at radius 1 is 1.65 bits per heavy atom. The average Bonchev–Trinajstić information content (AvgIpc) is 2.35. The number of amides is 1. The summed E-state index contributed by atoms with van der Waals surface area (Å²) in [5.74, 6) is -0.171. The van der Waals surface area contributed by atoms with Gasteiger partial charge in [-0.05, 0) is 24.8 Å². The molecule has 8 nitrogen and oxygen atoms in total. The van der Waals surface area contributed by atoms with Crippen LogP contribution in [-0.4, -0.2) is 45.5 Å². The summed E-state index contributed by atoms with van der Waals surface area (Å²) in [6.07, 6.45) is 1.99. The average molecular weight is 280 g/mol. The van der Waals surface area contributed by atoms with E-state index in [9.17, 15) is 20.0 Å². The van der Waals surface area contributed by atoms with Gasteiger partial charge in [0.15, 0.2) is 0 Å². The van der Waals surface area contributed by atoms with E-state index in [4.69, 9.17) is 5.73 Å². The van der Waals surface area contributed by atoms with Gasteiger partial charge >= 0.3 is 0 Å². The number of aromatic nitrogens is 1. The maximum Gasteiger partial charge on any atom is 0.300 e. The number of nitrogens with zero attached hydrogens (tertiary/aromatic N) is 3. The van der Waals surface area contributed by atoms with Crippen LogP contribution >= 0.6 is 0 Å². The van der Waals surface area contributed by atoms with Crippen molar-refractivity contribution in [2.75, 3.05) is 19.3 Å². The standard InChI is InChI=1S/C12H16N4O4/c1-15(6-7-2-8(17)3-7)12(18)9-4-11(13)14-5-10(9)16(19)20/h4-5,7-8,17H,2-3,6H2,1H3,(H2,13,14).